The van der Waals surface area contributed by atoms with Gasteiger partial charge in [0.15, 0.2) is 6.61 Å². The third kappa shape index (κ3) is 5.49. The van der Waals surface area contributed by atoms with Crippen LogP contribution in [0.25, 0.3) is 0 Å². The first kappa shape index (κ1) is 18.3. The predicted molar refractivity (Wildman–Crippen MR) is 91.8 cm³/mol. The molecule has 2 N–H and O–H groups in total. The van der Waals surface area contributed by atoms with Gasteiger partial charge in [0.25, 0.3) is 11.5 Å². The molecule has 7 nitrogen and oxygen atoms in total. The molecule has 1 aromatic carbocycles. The highest BCUT2D eigenvalue weighted by Crippen LogP contribution is 2.18. The highest BCUT2D eigenvalue weighted by atomic mass is 16.5. The van der Waals surface area contributed by atoms with Crippen molar-refractivity contribution in [2.45, 2.75) is 13.8 Å². The van der Waals surface area contributed by atoms with Crippen LogP contribution in [0.15, 0.2) is 41.3 Å². The lowest BCUT2D eigenvalue weighted by Gasteiger charge is -2.10. The van der Waals surface area contributed by atoms with Gasteiger partial charge in [-0.05, 0) is 37.6 Å². The summed E-state index contributed by atoms with van der Waals surface area (Å²) in [5.74, 6) is -0.553. The summed E-state index contributed by atoms with van der Waals surface area (Å²) in [6.45, 7) is 4.06. The number of carbonyl (C=O) groups excluding carboxylic acids is 2. The first-order valence-electron chi connectivity index (χ1n) is 7.79. The zero-order valence-corrected chi connectivity index (χ0v) is 14.1. The lowest BCUT2D eigenvalue weighted by molar-refractivity contribution is -0.124. The Kier molecular flexibility index (Phi) is 6.33. The molecule has 0 aliphatic heterocycles. The number of nitrogens with one attached hydrogen (secondary N) is 2. The van der Waals surface area contributed by atoms with Crippen molar-refractivity contribution in [1.29, 1.82) is 0 Å². The molecule has 0 saturated carbocycles. The van der Waals surface area contributed by atoms with Crippen molar-refractivity contribution in [3.8, 4) is 5.75 Å². The van der Waals surface area contributed by atoms with Crippen molar-refractivity contribution in [1.82, 2.24) is 10.3 Å². The van der Waals surface area contributed by atoms with Crippen LogP contribution in [0, 0.1) is 13.8 Å². The van der Waals surface area contributed by atoms with E-state index in [1.54, 1.807) is 0 Å². The van der Waals surface area contributed by atoms with Gasteiger partial charge in [-0.25, -0.2) is 4.79 Å². The molecule has 2 aromatic rings. The summed E-state index contributed by atoms with van der Waals surface area (Å²) in [5, 5.41) is 2.58. The number of ether oxygens (including phenoxy) is 2. The number of aryl methyl sites for hydroxylation is 2. The molecule has 7 heteroatoms. The minimum atomic E-state index is -0.844. The molecule has 0 spiro atoms. The summed E-state index contributed by atoms with van der Waals surface area (Å²) < 4.78 is 10.4. The number of aromatic amines is 1. The lowest BCUT2D eigenvalue weighted by atomic mass is 10.1. The van der Waals surface area contributed by atoms with Crippen molar-refractivity contribution in [3.63, 3.8) is 0 Å². The average molecular weight is 344 g/mol. The molecule has 0 aliphatic rings. The highest BCUT2D eigenvalue weighted by molar-refractivity contribution is 5.90. The molecule has 0 atom stereocenters. The largest absolute Gasteiger partial charge is 0.491 e. The van der Waals surface area contributed by atoms with Gasteiger partial charge in [-0.2, -0.15) is 0 Å². The van der Waals surface area contributed by atoms with E-state index in [-0.39, 0.29) is 12.1 Å². The van der Waals surface area contributed by atoms with Gasteiger partial charge in [-0.1, -0.05) is 17.7 Å². The number of amides is 1. The van der Waals surface area contributed by atoms with Crippen LogP contribution in [0.2, 0.25) is 0 Å². The van der Waals surface area contributed by atoms with Gasteiger partial charge in [-0.15, -0.1) is 0 Å². The highest BCUT2D eigenvalue weighted by Gasteiger charge is 2.13. The molecular weight excluding hydrogens is 324 g/mol. The molecule has 1 heterocycles. The summed E-state index contributed by atoms with van der Waals surface area (Å²) in [4.78, 5) is 37.1. The normalized spacial score (nSPS) is 10.2. The van der Waals surface area contributed by atoms with Crippen LogP contribution >= 0.6 is 0 Å². The fourth-order valence-electron chi connectivity index (χ4n) is 2.15. The summed E-state index contributed by atoms with van der Waals surface area (Å²) in [6.07, 6.45) is 1.40. The number of carbonyl (C=O) groups is 2. The van der Waals surface area contributed by atoms with Crippen LogP contribution in [-0.2, 0) is 9.53 Å². The van der Waals surface area contributed by atoms with Crippen LogP contribution in [0.1, 0.15) is 21.5 Å². The van der Waals surface area contributed by atoms with E-state index in [0.717, 1.165) is 16.9 Å². The Labute approximate surface area is 145 Å². The SMILES string of the molecule is Cc1ccc(OCCNC(=O)COC(=O)c2ccc[nH]c2=O)c(C)c1. The smallest absolute Gasteiger partial charge is 0.344 e. The zero-order chi connectivity index (χ0) is 18.2. The zero-order valence-electron chi connectivity index (χ0n) is 14.1. The molecule has 0 aliphatic carbocycles. The molecule has 25 heavy (non-hydrogen) atoms. The number of pyridine rings is 1. The Morgan fingerprint density at radius 2 is 2.00 bits per heavy atom. The Morgan fingerprint density at radius 3 is 2.72 bits per heavy atom. The summed E-state index contributed by atoms with van der Waals surface area (Å²) >= 11 is 0. The van der Waals surface area contributed by atoms with Gasteiger partial charge in [0, 0.05) is 6.20 Å². The number of aromatic nitrogens is 1. The Bertz CT molecular complexity index is 813. The fourth-order valence-corrected chi connectivity index (χ4v) is 2.15. The van der Waals surface area contributed by atoms with E-state index < -0.39 is 24.0 Å². The number of hydrogen-bond acceptors (Lipinski definition) is 5. The van der Waals surface area contributed by atoms with Crippen molar-refractivity contribution in [3.05, 3.63) is 63.6 Å². The fraction of sp³-hybridized carbons (Fsp3) is 0.278. The van der Waals surface area contributed by atoms with E-state index in [1.165, 1.54) is 18.3 Å². The van der Waals surface area contributed by atoms with E-state index in [0.29, 0.717) is 6.61 Å². The first-order chi connectivity index (χ1) is 12.0. The van der Waals surface area contributed by atoms with E-state index in [4.69, 9.17) is 9.47 Å². The van der Waals surface area contributed by atoms with E-state index in [9.17, 15) is 14.4 Å². The van der Waals surface area contributed by atoms with Gasteiger partial charge < -0.3 is 19.8 Å². The standard InChI is InChI=1S/C18H20N2O5/c1-12-5-6-15(13(2)10-12)24-9-8-19-16(21)11-25-18(23)14-4-3-7-20-17(14)22/h3-7,10H,8-9,11H2,1-2H3,(H,19,21)(H,20,22). The third-order valence-corrected chi connectivity index (χ3v) is 3.38. The average Bonchev–Trinajstić information content (AvgIpc) is 2.58. The van der Waals surface area contributed by atoms with Gasteiger partial charge in [0.2, 0.25) is 0 Å². The number of benzene rings is 1. The minimum absolute atomic E-state index is 0.145. The van der Waals surface area contributed by atoms with Crippen LogP contribution in [0.5, 0.6) is 5.75 Å². The molecule has 0 saturated heterocycles. The molecule has 0 unspecified atom stereocenters. The van der Waals surface area contributed by atoms with Crippen molar-refractivity contribution < 1.29 is 19.1 Å². The molecule has 1 aromatic heterocycles. The third-order valence-electron chi connectivity index (χ3n) is 3.38. The lowest BCUT2D eigenvalue weighted by Crippen LogP contribution is -2.32. The Morgan fingerprint density at radius 1 is 1.20 bits per heavy atom. The van der Waals surface area contributed by atoms with Gasteiger partial charge in [0.1, 0.15) is 17.9 Å². The van der Waals surface area contributed by atoms with Gasteiger partial charge >= 0.3 is 5.97 Å². The van der Waals surface area contributed by atoms with Crippen molar-refractivity contribution in [2.24, 2.45) is 0 Å². The Hall–Kier alpha value is -3.09. The predicted octanol–water partition coefficient (Wildman–Crippen LogP) is 1.34. The van der Waals surface area contributed by atoms with E-state index >= 15 is 0 Å². The number of rotatable bonds is 7. The molecule has 132 valence electrons. The van der Waals surface area contributed by atoms with E-state index in [1.807, 2.05) is 32.0 Å². The summed E-state index contributed by atoms with van der Waals surface area (Å²) in [6, 6.07) is 8.68. The second kappa shape index (κ2) is 8.68. The summed E-state index contributed by atoms with van der Waals surface area (Å²) in [5.41, 5.74) is 1.47. The van der Waals surface area contributed by atoms with E-state index in [2.05, 4.69) is 10.3 Å². The monoisotopic (exact) mass is 344 g/mol. The van der Waals surface area contributed by atoms with Crippen LogP contribution in [-0.4, -0.2) is 36.6 Å². The second-order valence-electron chi connectivity index (χ2n) is 5.46. The number of hydrogen-bond donors (Lipinski definition) is 2. The molecule has 1 amide bonds. The molecule has 0 radical (unpaired) electrons. The minimum Gasteiger partial charge on any atom is -0.491 e. The maximum absolute atomic E-state index is 11.7. The van der Waals surface area contributed by atoms with Crippen LogP contribution < -0.4 is 15.6 Å². The van der Waals surface area contributed by atoms with Crippen molar-refractivity contribution >= 4 is 11.9 Å². The van der Waals surface area contributed by atoms with Crippen LogP contribution in [0.3, 0.4) is 0 Å². The number of esters is 1. The van der Waals surface area contributed by atoms with Gasteiger partial charge in [0.05, 0.1) is 6.54 Å². The topological polar surface area (TPSA) is 97.5 Å². The molecule has 0 fully saturated rings. The maximum atomic E-state index is 11.7. The van der Waals surface area contributed by atoms with Crippen LogP contribution in [0.4, 0.5) is 0 Å². The second-order valence-corrected chi connectivity index (χ2v) is 5.46. The van der Waals surface area contributed by atoms with Gasteiger partial charge in [-0.3, -0.25) is 9.59 Å². The molecule has 2 rings (SSSR count). The maximum Gasteiger partial charge on any atom is 0.344 e. The van der Waals surface area contributed by atoms with Crippen molar-refractivity contribution in [2.75, 3.05) is 19.8 Å². The quantitative estimate of drug-likeness (QED) is 0.584. The number of H-pyrrole nitrogens is 1. The Balaban J connectivity index is 1.70. The first-order valence-corrected chi connectivity index (χ1v) is 7.79. The molecular formula is C18H20N2O5. The molecule has 0 bridgehead atoms. The summed E-state index contributed by atoms with van der Waals surface area (Å²) in [7, 11) is 0.